The molecule has 0 saturated carbocycles. The van der Waals surface area contributed by atoms with Crippen molar-refractivity contribution < 1.29 is 4.79 Å². The van der Waals surface area contributed by atoms with Crippen molar-refractivity contribution >= 4 is 17.5 Å². The fraction of sp³-hybridized carbons (Fsp3) is 0.444. The molecule has 3 rings (SSSR count). The number of hydrogen-bond acceptors (Lipinski definition) is 2. The number of carbonyl (C=O) groups is 1. The van der Waals surface area contributed by atoms with Gasteiger partial charge in [0.15, 0.2) is 0 Å². The second-order valence-corrected chi connectivity index (χ2v) is 6.69. The van der Waals surface area contributed by atoms with Gasteiger partial charge < -0.3 is 9.47 Å². The summed E-state index contributed by atoms with van der Waals surface area (Å²) >= 11 is 5.88. The SMILES string of the molecule is Cc1nccn1CC1CCN(C(=O)Cc2ccc(Cl)cc2)CC1. The third kappa shape index (κ3) is 4.14. The molecular weight excluding hydrogens is 310 g/mol. The molecule has 0 aliphatic carbocycles. The molecule has 1 fully saturated rings. The van der Waals surface area contributed by atoms with Crippen molar-refractivity contribution in [3.8, 4) is 0 Å². The zero-order valence-corrected chi connectivity index (χ0v) is 14.2. The Hall–Kier alpha value is -1.81. The standard InChI is InChI=1S/C18H22ClN3O/c1-14-20-8-11-22(14)13-16-6-9-21(10-7-16)18(23)12-15-2-4-17(19)5-3-15/h2-5,8,11,16H,6-7,9-10,12-13H2,1H3. The number of carbonyl (C=O) groups excluding carboxylic acids is 1. The molecule has 0 atom stereocenters. The molecule has 1 aliphatic heterocycles. The second-order valence-electron chi connectivity index (χ2n) is 6.25. The molecule has 122 valence electrons. The monoisotopic (exact) mass is 331 g/mol. The third-order valence-corrected chi connectivity index (χ3v) is 4.87. The Morgan fingerprint density at radius 2 is 1.96 bits per heavy atom. The van der Waals surface area contributed by atoms with Crippen LogP contribution in [0.4, 0.5) is 0 Å². The zero-order valence-electron chi connectivity index (χ0n) is 13.4. The molecule has 0 bridgehead atoms. The van der Waals surface area contributed by atoms with Crippen molar-refractivity contribution in [1.82, 2.24) is 14.5 Å². The zero-order chi connectivity index (χ0) is 16.2. The highest BCUT2D eigenvalue weighted by Gasteiger charge is 2.23. The van der Waals surface area contributed by atoms with Crippen LogP contribution < -0.4 is 0 Å². The van der Waals surface area contributed by atoms with E-state index < -0.39 is 0 Å². The van der Waals surface area contributed by atoms with Crippen LogP contribution in [-0.4, -0.2) is 33.4 Å². The number of nitrogens with zero attached hydrogens (tertiary/aromatic N) is 3. The van der Waals surface area contributed by atoms with Crippen molar-refractivity contribution in [3.63, 3.8) is 0 Å². The van der Waals surface area contributed by atoms with Crippen LogP contribution in [0.5, 0.6) is 0 Å². The first kappa shape index (κ1) is 16.1. The molecule has 0 radical (unpaired) electrons. The molecule has 1 aliphatic rings. The Kier molecular flexibility index (Phi) is 5.01. The molecule has 4 nitrogen and oxygen atoms in total. The summed E-state index contributed by atoms with van der Waals surface area (Å²) in [5.74, 6) is 1.90. The van der Waals surface area contributed by atoms with E-state index in [1.807, 2.05) is 48.5 Å². The van der Waals surface area contributed by atoms with E-state index in [1.165, 1.54) is 0 Å². The lowest BCUT2D eigenvalue weighted by Crippen LogP contribution is -2.40. The molecule has 0 spiro atoms. The topological polar surface area (TPSA) is 38.1 Å². The summed E-state index contributed by atoms with van der Waals surface area (Å²) in [7, 11) is 0. The van der Waals surface area contributed by atoms with Crippen LogP contribution in [0.25, 0.3) is 0 Å². The molecule has 5 heteroatoms. The van der Waals surface area contributed by atoms with Crippen molar-refractivity contribution in [2.24, 2.45) is 5.92 Å². The van der Waals surface area contributed by atoms with Crippen LogP contribution in [0.15, 0.2) is 36.7 Å². The van der Waals surface area contributed by atoms with E-state index in [0.717, 1.165) is 43.9 Å². The number of benzene rings is 1. The van der Waals surface area contributed by atoms with Gasteiger partial charge in [0.25, 0.3) is 0 Å². The van der Waals surface area contributed by atoms with E-state index >= 15 is 0 Å². The molecule has 1 saturated heterocycles. The number of halogens is 1. The lowest BCUT2D eigenvalue weighted by molar-refractivity contribution is -0.131. The van der Waals surface area contributed by atoms with E-state index in [-0.39, 0.29) is 5.91 Å². The van der Waals surface area contributed by atoms with Gasteiger partial charge in [0.05, 0.1) is 6.42 Å². The van der Waals surface area contributed by atoms with Gasteiger partial charge in [-0.15, -0.1) is 0 Å². The van der Waals surface area contributed by atoms with Crippen LogP contribution in [0.2, 0.25) is 5.02 Å². The van der Waals surface area contributed by atoms with Gasteiger partial charge in [-0.05, 0) is 43.4 Å². The predicted octanol–water partition coefficient (Wildman–Crippen LogP) is 3.33. The van der Waals surface area contributed by atoms with Gasteiger partial charge in [-0.25, -0.2) is 4.98 Å². The van der Waals surface area contributed by atoms with E-state index in [4.69, 9.17) is 11.6 Å². The lowest BCUT2D eigenvalue weighted by Gasteiger charge is -2.32. The molecule has 23 heavy (non-hydrogen) atoms. The highest BCUT2D eigenvalue weighted by atomic mass is 35.5. The minimum Gasteiger partial charge on any atom is -0.342 e. The summed E-state index contributed by atoms with van der Waals surface area (Å²) in [6, 6.07) is 7.53. The molecule has 0 N–H and O–H groups in total. The maximum absolute atomic E-state index is 12.4. The van der Waals surface area contributed by atoms with Gasteiger partial charge in [-0.2, -0.15) is 0 Å². The average Bonchev–Trinajstić information content (AvgIpc) is 2.95. The normalized spacial score (nSPS) is 15.8. The quantitative estimate of drug-likeness (QED) is 0.862. The van der Waals surface area contributed by atoms with E-state index in [9.17, 15) is 4.79 Å². The molecule has 1 amide bonds. The summed E-state index contributed by atoms with van der Waals surface area (Å²) < 4.78 is 2.20. The summed E-state index contributed by atoms with van der Waals surface area (Å²) in [5, 5.41) is 0.705. The van der Waals surface area contributed by atoms with Crippen molar-refractivity contribution in [2.45, 2.75) is 32.7 Å². The van der Waals surface area contributed by atoms with Gasteiger partial charge in [-0.1, -0.05) is 23.7 Å². The van der Waals surface area contributed by atoms with Gasteiger partial charge in [-0.3, -0.25) is 4.79 Å². The van der Waals surface area contributed by atoms with Crippen LogP contribution >= 0.6 is 11.6 Å². The summed E-state index contributed by atoms with van der Waals surface area (Å²) in [6.07, 6.45) is 6.46. The van der Waals surface area contributed by atoms with Crippen LogP contribution in [0.1, 0.15) is 24.2 Å². The second kappa shape index (κ2) is 7.18. The van der Waals surface area contributed by atoms with Gasteiger partial charge in [0.1, 0.15) is 5.82 Å². The number of likely N-dealkylation sites (tertiary alicyclic amines) is 1. The number of hydrogen-bond donors (Lipinski definition) is 0. The number of rotatable bonds is 4. The van der Waals surface area contributed by atoms with Gasteiger partial charge in [0.2, 0.25) is 5.91 Å². The molecule has 0 unspecified atom stereocenters. The van der Waals surface area contributed by atoms with E-state index in [2.05, 4.69) is 9.55 Å². The first-order valence-electron chi connectivity index (χ1n) is 8.12. The number of aryl methyl sites for hydroxylation is 1. The van der Waals surface area contributed by atoms with Crippen molar-refractivity contribution in [1.29, 1.82) is 0 Å². The Bertz CT molecular complexity index is 657. The minimum atomic E-state index is 0.213. The summed E-state index contributed by atoms with van der Waals surface area (Å²) in [5.41, 5.74) is 1.02. The molecule has 2 aromatic rings. The van der Waals surface area contributed by atoms with Crippen LogP contribution in [0, 0.1) is 12.8 Å². The fourth-order valence-electron chi connectivity index (χ4n) is 3.13. The number of amides is 1. The smallest absolute Gasteiger partial charge is 0.226 e. The summed E-state index contributed by atoms with van der Waals surface area (Å²) in [4.78, 5) is 18.7. The largest absolute Gasteiger partial charge is 0.342 e. The van der Waals surface area contributed by atoms with Crippen molar-refractivity contribution in [2.75, 3.05) is 13.1 Å². The van der Waals surface area contributed by atoms with Gasteiger partial charge in [0, 0.05) is 37.1 Å². The molecular formula is C18H22ClN3O. The molecule has 1 aromatic carbocycles. The highest BCUT2D eigenvalue weighted by Crippen LogP contribution is 2.20. The first-order chi connectivity index (χ1) is 11.1. The van der Waals surface area contributed by atoms with Crippen LogP contribution in [0.3, 0.4) is 0 Å². The highest BCUT2D eigenvalue weighted by molar-refractivity contribution is 6.30. The number of piperidine rings is 1. The number of imidazole rings is 1. The van der Waals surface area contributed by atoms with Crippen molar-refractivity contribution in [3.05, 3.63) is 53.1 Å². The maximum Gasteiger partial charge on any atom is 0.226 e. The predicted molar refractivity (Wildman–Crippen MR) is 91.4 cm³/mol. The Labute approximate surface area is 142 Å². The Morgan fingerprint density at radius 3 is 2.57 bits per heavy atom. The molecule has 2 heterocycles. The Morgan fingerprint density at radius 1 is 1.26 bits per heavy atom. The van der Waals surface area contributed by atoms with Crippen LogP contribution in [-0.2, 0) is 17.8 Å². The third-order valence-electron chi connectivity index (χ3n) is 4.61. The Balaban J connectivity index is 1.49. The average molecular weight is 332 g/mol. The molecule has 1 aromatic heterocycles. The fourth-order valence-corrected chi connectivity index (χ4v) is 3.25. The van der Waals surface area contributed by atoms with E-state index in [1.54, 1.807) is 0 Å². The minimum absolute atomic E-state index is 0.213. The van der Waals surface area contributed by atoms with Gasteiger partial charge >= 0.3 is 0 Å². The number of aromatic nitrogens is 2. The first-order valence-corrected chi connectivity index (χ1v) is 8.49. The lowest BCUT2D eigenvalue weighted by atomic mass is 9.96. The summed E-state index contributed by atoms with van der Waals surface area (Å²) in [6.45, 7) is 4.74. The van der Waals surface area contributed by atoms with E-state index in [0.29, 0.717) is 17.4 Å². The maximum atomic E-state index is 12.4.